The Bertz CT molecular complexity index is 285. The van der Waals surface area contributed by atoms with Crippen LogP contribution in [0.25, 0.3) is 0 Å². The molecular weight excluding hydrogens is 222 g/mol. The molecule has 0 radical (unpaired) electrons. The van der Waals surface area contributed by atoms with E-state index in [4.69, 9.17) is 4.74 Å². The van der Waals surface area contributed by atoms with E-state index < -0.39 is 0 Å². The molecule has 106 valence electrons. The van der Waals surface area contributed by atoms with Crippen molar-refractivity contribution in [3.05, 3.63) is 0 Å². The van der Waals surface area contributed by atoms with E-state index >= 15 is 0 Å². The molecule has 0 bridgehead atoms. The van der Waals surface area contributed by atoms with E-state index in [1.54, 1.807) is 0 Å². The third-order valence-corrected chi connectivity index (χ3v) is 5.57. The highest BCUT2D eigenvalue weighted by atomic mass is 16.5. The van der Waals surface area contributed by atoms with Crippen molar-refractivity contribution in [1.29, 1.82) is 0 Å². The maximum Gasteiger partial charge on any atom is 0.0580 e. The maximum absolute atomic E-state index is 5.94. The summed E-state index contributed by atoms with van der Waals surface area (Å²) in [6, 6.07) is 0.602. The first kappa shape index (κ1) is 14.3. The molecule has 3 unspecified atom stereocenters. The van der Waals surface area contributed by atoms with Crippen molar-refractivity contribution < 1.29 is 4.74 Å². The van der Waals surface area contributed by atoms with Gasteiger partial charge in [0, 0.05) is 12.6 Å². The molecule has 3 atom stereocenters. The maximum atomic E-state index is 5.94. The van der Waals surface area contributed by atoms with Crippen LogP contribution in [0.4, 0.5) is 0 Å². The number of ether oxygens (including phenoxy) is 1. The minimum Gasteiger partial charge on any atom is -0.378 e. The number of rotatable bonds is 5. The molecular formula is C16H31NO. The van der Waals surface area contributed by atoms with Crippen molar-refractivity contribution in [1.82, 2.24) is 5.32 Å². The van der Waals surface area contributed by atoms with Gasteiger partial charge in [0.25, 0.3) is 0 Å². The van der Waals surface area contributed by atoms with Crippen LogP contribution in [0.2, 0.25) is 0 Å². The van der Waals surface area contributed by atoms with Gasteiger partial charge < -0.3 is 10.1 Å². The summed E-state index contributed by atoms with van der Waals surface area (Å²) in [4.78, 5) is 0. The van der Waals surface area contributed by atoms with Gasteiger partial charge in [0.1, 0.15) is 0 Å². The van der Waals surface area contributed by atoms with Crippen molar-refractivity contribution in [2.75, 3.05) is 13.2 Å². The average molecular weight is 253 g/mol. The molecule has 0 aromatic heterocycles. The number of nitrogens with one attached hydrogen (secondary N) is 1. The Balaban J connectivity index is 1.97. The van der Waals surface area contributed by atoms with Crippen LogP contribution >= 0.6 is 0 Å². The highest BCUT2D eigenvalue weighted by Gasteiger charge is 2.70. The Kier molecular flexibility index (Phi) is 4.08. The lowest BCUT2D eigenvalue weighted by atomic mass is 9.83. The van der Waals surface area contributed by atoms with Crippen molar-refractivity contribution in [3.8, 4) is 0 Å². The van der Waals surface area contributed by atoms with E-state index in [9.17, 15) is 0 Å². The van der Waals surface area contributed by atoms with Gasteiger partial charge in [-0.1, -0.05) is 41.0 Å². The number of hydrogen-bond donors (Lipinski definition) is 1. The second-order valence-electron chi connectivity index (χ2n) is 7.23. The molecule has 2 aliphatic rings. The fraction of sp³-hybridized carbons (Fsp3) is 1.00. The van der Waals surface area contributed by atoms with Crippen molar-refractivity contribution in [2.45, 2.75) is 72.4 Å². The van der Waals surface area contributed by atoms with Gasteiger partial charge in [-0.15, -0.1) is 0 Å². The Hall–Kier alpha value is -0.0800. The molecule has 0 aromatic rings. The molecule has 1 heterocycles. The Morgan fingerprint density at radius 1 is 1.33 bits per heavy atom. The topological polar surface area (TPSA) is 21.3 Å². The first-order valence-corrected chi connectivity index (χ1v) is 7.79. The average Bonchev–Trinajstić information content (AvgIpc) is 2.71. The van der Waals surface area contributed by atoms with Gasteiger partial charge in [-0.05, 0) is 42.6 Å². The van der Waals surface area contributed by atoms with Gasteiger partial charge in [0.2, 0.25) is 0 Å². The van der Waals surface area contributed by atoms with Crippen molar-refractivity contribution >= 4 is 0 Å². The molecule has 2 heteroatoms. The van der Waals surface area contributed by atoms with E-state index in [2.05, 4.69) is 39.9 Å². The van der Waals surface area contributed by atoms with Gasteiger partial charge in [-0.3, -0.25) is 0 Å². The van der Waals surface area contributed by atoms with Crippen LogP contribution in [0.5, 0.6) is 0 Å². The third-order valence-electron chi connectivity index (χ3n) is 5.57. The molecule has 2 rings (SSSR count). The van der Waals surface area contributed by atoms with E-state index in [1.807, 2.05) is 0 Å². The summed E-state index contributed by atoms with van der Waals surface area (Å²) in [7, 11) is 0. The van der Waals surface area contributed by atoms with Crippen LogP contribution in [0.3, 0.4) is 0 Å². The molecule has 0 amide bonds. The Morgan fingerprint density at radius 3 is 2.67 bits per heavy atom. The normalized spacial score (nSPS) is 38.3. The third kappa shape index (κ3) is 2.34. The fourth-order valence-electron chi connectivity index (χ4n) is 4.25. The van der Waals surface area contributed by atoms with Gasteiger partial charge in [0.15, 0.2) is 0 Å². The zero-order chi connectivity index (χ0) is 13.4. The molecule has 1 saturated heterocycles. The van der Waals surface area contributed by atoms with Crippen molar-refractivity contribution in [3.63, 3.8) is 0 Å². The smallest absolute Gasteiger partial charge is 0.0580 e. The lowest BCUT2D eigenvalue weighted by molar-refractivity contribution is -0.0323. The predicted octanol–water partition coefficient (Wildman–Crippen LogP) is 3.61. The molecule has 2 nitrogen and oxygen atoms in total. The van der Waals surface area contributed by atoms with Gasteiger partial charge >= 0.3 is 0 Å². The van der Waals surface area contributed by atoms with Gasteiger partial charge in [-0.2, -0.15) is 0 Å². The number of hydrogen-bond acceptors (Lipinski definition) is 2. The summed E-state index contributed by atoms with van der Waals surface area (Å²) >= 11 is 0. The minimum absolute atomic E-state index is 0.505. The van der Waals surface area contributed by atoms with Gasteiger partial charge in [0.05, 0.1) is 6.10 Å². The summed E-state index contributed by atoms with van der Waals surface area (Å²) in [6.07, 6.45) is 5.56. The van der Waals surface area contributed by atoms with Gasteiger partial charge in [-0.25, -0.2) is 0 Å². The van der Waals surface area contributed by atoms with Crippen LogP contribution in [0.1, 0.15) is 60.3 Å². The van der Waals surface area contributed by atoms with Crippen LogP contribution in [-0.2, 0) is 4.74 Å². The van der Waals surface area contributed by atoms with Crippen LogP contribution < -0.4 is 5.32 Å². The van der Waals surface area contributed by atoms with Crippen LogP contribution in [0.15, 0.2) is 0 Å². The molecule has 2 fully saturated rings. The summed E-state index contributed by atoms with van der Waals surface area (Å²) in [5.74, 6) is 0.843. The zero-order valence-corrected chi connectivity index (χ0v) is 12.9. The second kappa shape index (κ2) is 5.13. The molecule has 1 aliphatic heterocycles. The van der Waals surface area contributed by atoms with E-state index in [-0.39, 0.29) is 0 Å². The van der Waals surface area contributed by atoms with E-state index in [1.165, 1.54) is 32.2 Å². The van der Waals surface area contributed by atoms with Crippen LogP contribution in [-0.4, -0.2) is 25.3 Å². The lowest BCUT2D eigenvalue weighted by Crippen LogP contribution is -2.31. The second-order valence-corrected chi connectivity index (χ2v) is 7.23. The highest BCUT2D eigenvalue weighted by molar-refractivity contribution is 5.19. The zero-order valence-electron chi connectivity index (χ0n) is 12.9. The highest BCUT2D eigenvalue weighted by Crippen LogP contribution is 2.73. The van der Waals surface area contributed by atoms with Crippen molar-refractivity contribution in [2.24, 2.45) is 16.7 Å². The standard InChI is InChI=1S/C16H31NO/c1-6-7-13-10-16(8-9-18-13)14(15(16,4)5)11-17-12(2)3/h12-14,17H,6-11H2,1-5H3. The summed E-state index contributed by atoms with van der Waals surface area (Å²) in [5.41, 5.74) is 1.07. The molecule has 0 aromatic carbocycles. The first-order chi connectivity index (χ1) is 8.44. The molecule has 1 aliphatic carbocycles. The Labute approximate surface area is 113 Å². The van der Waals surface area contributed by atoms with Crippen LogP contribution in [0, 0.1) is 16.7 Å². The Morgan fingerprint density at radius 2 is 2.06 bits per heavy atom. The van der Waals surface area contributed by atoms with E-state index in [0.29, 0.717) is 23.0 Å². The summed E-state index contributed by atoms with van der Waals surface area (Å²) in [6.45, 7) is 13.8. The molecule has 1 N–H and O–H groups in total. The first-order valence-electron chi connectivity index (χ1n) is 7.79. The van der Waals surface area contributed by atoms with E-state index in [0.717, 1.165) is 12.5 Å². The summed E-state index contributed by atoms with van der Waals surface area (Å²) < 4.78 is 5.94. The predicted molar refractivity (Wildman–Crippen MR) is 76.7 cm³/mol. The lowest BCUT2D eigenvalue weighted by Gasteiger charge is -2.32. The molecule has 1 saturated carbocycles. The quantitative estimate of drug-likeness (QED) is 0.808. The minimum atomic E-state index is 0.505. The monoisotopic (exact) mass is 253 g/mol. The largest absolute Gasteiger partial charge is 0.378 e. The molecule has 1 spiro atoms. The molecule has 18 heavy (non-hydrogen) atoms. The fourth-order valence-corrected chi connectivity index (χ4v) is 4.25. The summed E-state index contributed by atoms with van der Waals surface area (Å²) in [5, 5.41) is 3.64. The SMILES string of the molecule is CCCC1CC2(CCO1)C(CNC(C)C)C2(C)C.